The maximum atomic E-state index is 12.7. The SMILES string of the molecule is CCN(C(=O)C(C)OC(=O)C1=CN2CCS(=O)(=O)N=C2C=C1)c1ccccc1. The van der Waals surface area contributed by atoms with Gasteiger partial charge in [0.15, 0.2) is 6.10 Å². The van der Waals surface area contributed by atoms with Crippen molar-refractivity contribution >= 4 is 33.4 Å². The molecule has 0 aliphatic carbocycles. The first-order chi connectivity index (χ1) is 13.3. The minimum atomic E-state index is -3.46. The molecule has 0 spiro atoms. The maximum absolute atomic E-state index is 12.7. The van der Waals surface area contributed by atoms with Gasteiger partial charge < -0.3 is 14.5 Å². The minimum Gasteiger partial charge on any atom is -0.449 e. The van der Waals surface area contributed by atoms with Gasteiger partial charge in [0.25, 0.3) is 15.9 Å². The van der Waals surface area contributed by atoms with Crippen LogP contribution in [0.25, 0.3) is 0 Å². The fourth-order valence-corrected chi connectivity index (χ4v) is 3.86. The standard InChI is InChI=1S/C19H21N3O5S/c1-3-22(16-7-5-4-6-8-16)18(23)14(2)27-19(24)15-9-10-17-20-28(25,26)12-11-21(17)13-15/h4-10,13-14H,3,11-12H2,1-2H3. The second-order valence-electron chi connectivity index (χ2n) is 6.31. The molecule has 0 saturated carbocycles. The van der Waals surface area contributed by atoms with Crippen molar-refractivity contribution in [2.75, 3.05) is 23.7 Å². The van der Waals surface area contributed by atoms with Gasteiger partial charge in [-0.05, 0) is 38.1 Å². The van der Waals surface area contributed by atoms with Crippen LogP contribution in [0, 0.1) is 0 Å². The maximum Gasteiger partial charge on any atom is 0.340 e. The first-order valence-corrected chi connectivity index (χ1v) is 10.5. The first kappa shape index (κ1) is 19.8. The van der Waals surface area contributed by atoms with Gasteiger partial charge in [-0.25, -0.2) is 13.2 Å². The van der Waals surface area contributed by atoms with Crippen LogP contribution in [0.15, 0.2) is 58.7 Å². The molecule has 1 atom stereocenters. The Morgan fingerprint density at radius 3 is 2.64 bits per heavy atom. The smallest absolute Gasteiger partial charge is 0.340 e. The van der Waals surface area contributed by atoms with E-state index in [9.17, 15) is 18.0 Å². The number of esters is 1. The topological polar surface area (TPSA) is 96.4 Å². The lowest BCUT2D eigenvalue weighted by Gasteiger charge is -2.27. The zero-order valence-corrected chi connectivity index (χ0v) is 16.4. The molecule has 148 valence electrons. The summed E-state index contributed by atoms with van der Waals surface area (Å²) in [7, 11) is -3.46. The van der Waals surface area contributed by atoms with Gasteiger partial charge in [0.05, 0.1) is 11.3 Å². The summed E-state index contributed by atoms with van der Waals surface area (Å²) in [5.41, 5.74) is 0.950. The van der Waals surface area contributed by atoms with Crippen molar-refractivity contribution in [1.29, 1.82) is 0 Å². The highest BCUT2D eigenvalue weighted by Gasteiger charge is 2.28. The second-order valence-corrected chi connectivity index (χ2v) is 8.07. The molecule has 2 aliphatic heterocycles. The van der Waals surface area contributed by atoms with Crippen molar-refractivity contribution in [3.63, 3.8) is 0 Å². The number of likely N-dealkylation sites (N-methyl/N-ethyl adjacent to an activating group) is 1. The first-order valence-electron chi connectivity index (χ1n) is 8.87. The van der Waals surface area contributed by atoms with Crippen molar-refractivity contribution in [3.05, 3.63) is 54.3 Å². The van der Waals surface area contributed by atoms with Gasteiger partial charge in [0.2, 0.25) is 0 Å². The number of hydrogen-bond donors (Lipinski definition) is 0. The summed E-state index contributed by atoms with van der Waals surface area (Å²) in [6.07, 6.45) is 3.40. The van der Waals surface area contributed by atoms with E-state index in [0.29, 0.717) is 6.54 Å². The fraction of sp³-hybridized carbons (Fsp3) is 0.316. The van der Waals surface area contributed by atoms with Crippen LogP contribution in [0.3, 0.4) is 0 Å². The Labute approximate surface area is 163 Å². The monoisotopic (exact) mass is 403 g/mol. The van der Waals surface area contributed by atoms with E-state index in [1.807, 2.05) is 37.3 Å². The lowest BCUT2D eigenvalue weighted by atomic mass is 10.2. The number of benzene rings is 1. The quantitative estimate of drug-likeness (QED) is 0.691. The molecule has 1 unspecified atom stereocenters. The highest BCUT2D eigenvalue weighted by molar-refractivity contribution is 7.90. The number of hydrogen-bond acceptors (Lipinski definition) is 6. The third kappa shape index (κ3) is 4.30. The molecule has 1 aromatic carbocycles. The van der Waals surface area contributed by atoms with Crippen LogP contribution < -0.4 is 4.90 Å². The Hall–Kier alpha value is -2.94. The highest BCUT2D eigenvalue weighted by Crippen LogP contribution is 2.19. The molecule has 1 aromatic rings. The number of rotatable bonds is 5. The molecule has 0 N–H and O–H groups in total. The molecule has 3 rings (SSSR count). The zero-order chi connectivity index (χ0) is 20.3. The lowest BCUT2D eigenvalue weighted by Crippen LogP contribution is -2.41. The average Bonchev–Trinajstić information content (AvgIpc) is 2.68. The second kappa shape index (κ2) is 7.97. The van der Waals surface area contributed by atoms with Crippen LogP contribution in [-0.2, 0) is 24.3 Å². The summed E-state index contributed by atoms with van der Waals surface area (Å²) in [5, 5.41) is 0. The molecule has 0 saturated heterocycles. The molecule has 28 heavy (non-hydrogen) atoms. The molecule has 9 heteroatoms. The van der Waals surface area contributed by atoms with Gasteiger partial charge in [-0.1, -0.05) is 18.2 Å². The molecule has 0 fully saturated rings. The summed E-state index contributed by atoms with van der Waals surface area (Å²) in [6.45, 7) is 4.01. The van der Waals surface area contributed by atoms with Gasteiger partial charge in [-0.15, -0.1) is 4.40 Å². The van der Waals surface area contributed by atoms with E-state index in [1.54, 1.807) is 9.80 Å². The highest BCUT2D eigenvalue weighted by atomic mass is 32.2. The summed E-state index contributed by atoms with van der Waals surface area (Å²) in [5.74, 6) is -0.851. The Balaban J connectivity index is 1.69. The van der Waals surface area contributed by atoms with Crippen LogP contribution in [-0.4, -0.2) is 56.0 Å². The molecule has 2 aliphatic rings. The van der Waals surface area contributed by atoms with Crippen molar-refractivity contribution in [2.45, 2.75) is 20.0 Å². The van der Waals surface area contributed by atoms with Crippen molar-refractivity contribution in [2.24, 2.45) is 4.40 Å². The minimum absolute atomic E-state index is 0.124. The number of amides is 1. The predicted molar refractivity (Wildman–Crippen MR) is 105 cm³/mol. The van der Waals surface area contributed by atoms with E-state index in [-0.39, 0.29) is 29.6 Å². The Morgan fingerprint density at radius 1 is 1.25 bits per heavy atom. The van der Waals surface area contributed by atoms with Crippen LogP contribution in [0.1, 0.15) is 13.8 Å². The third-order valence-corrected chi connectivity index (χ3v) is 5.51. The normalized spacial score (nSPS) is 18.4. The Bertz CT molecular complexity index is 967. The number of amidine groups is 1. The predicted octanol–water partition coefficient (Wildman–Crippen LogP) is 1.47. The van der Waals surface area contributed by atoms with E-state index in [4.69, 9.17) is 4.74 Å². The van der Waals surface area contributed by atoms with Gasteiger partial charge in [0.1, 0.15) is 5.84 Å². The van der Waals surface area contributed by atoms with Gasteiger partial charge in [0, 0.05) is 25.0 Å². The van der Waals surface area contributed by atoms with Crippen molar-refractivity contribution in [3.8, 4) is 0 Å². The molecular weight excluding hydrogens is 382 g/mol. The van der Waals surface area contributed by atoms with Crippen LogP contribution >= 0.6 is 0 Å². The molecule has 8 nitrogen and oxygen atoms in total. The van der Waals surface area contributed by atoms with E-state index >= 15 is 0 Å². The van der Waals surface area contributed by atoms with E-state index in [0.717, 1.165) is 5.69 Å². The largest absolute Gasteiger partial charge is 0.449 e. The summed E-state index contributed by atoms with van der Waals surface area (Å²) < 4.78 is 32.1. The molecule has 1 amide bonds. The molecule has 2 heterocycles. The number of ether oxygens (including phenoxy) is 1. The average molecular weight is 403 g/mol. The number of carbonyl (C=O) groups is 2. The fourth-order valence-electron chi connectivity index (χ4n) is 2.89. The molecule has 0 bridgehead atoms. The van der Waals surface area contributed by atoms with Gasteiger partial charge in [-0.3, -0.25) is 4.79 Å². The van der Waals surface area contributed by atoms with Crippen LogP contribution in [0.5, 0.6) is 0 Å². The van der Waals surface area contributed by atoms with Gasteiger partial charge in [-0.2, -0.15) is 0 Å². The van der Waals surface area contributed by atoms with Gasteiger partial charge >= 0.3 is 5.97 Å². The van der Waals surface area contributed by atoms with Crippen molar-refractivity contribution < 1.29 is 22.7 Å². The Morgan fingerprint density at radius 2 is 1.96 bits per heavy atom. The number of anilines is 1. The summed E-state index contributed by atoms with van der Waals surface area (Å²) >= 11 is 0. The number of para-hydroxylation sites is 1. The number of fused-ring (bicyclic) bond motifs is 1. The lowest BCUT2D eigenvalue weighted by molar-refractivity contribution is -0.149. The zero-order valence-electron chi connectivity index (χ0n) is 15.6. The third-order valence-electron chi connectivity index (χ3n) is 4.34. The van der Waals surface area contributed by atoms with E-state index in [1.165, 1.54) is 25.3 Å². The van der Waals surface area contributed by atoms with E-state index < -0.39 is 22.1 Å². The van der Waals surface area contributed by atoms with E-state index in [2.05, 4.69) is 4.40 Å². The number of sulfonamides is 1. The molecular formula is C19H21N3O5S. The van der Waals surface area contributed by atoms with Crippen LogP contribution in [0.4, 0.5) is 5.69 Å². The number of nitrogens with zero attached hydrogens (tertiary/aromatic N) is 3. The molecule has 0 radical (unpaired) electrons. The summed E-state index contributed by atoms with van der Waals surface area (Å²) in [4.78, 5) is 28.3. The van der Waals surface area contributed by atoms with Crippen LogP contribution in [0.2, 0.25) is 0 Å². The summed E-state index contributed by atoms with van der Waals surface area (Å²) in [6, 6.07) is 9.15. The molecule has 0 aromatic heterocycles. The Kier molecular flexibility index (Phi) is 5.64. The number of carbonyl (C=O) groups excluding carboxylic acids is 2. The van der Waals surface area contributed by atoms with Crippen molar-refractivity contribution in [1.82, 2.24) is 4.90 Å².